The van der Waals surface area contributed by atoms with Crippen molar-refractivity contribution in [2.45, 2.75) is 50.2 Å². The molecule has 3 fully saturated rings. The summed E-state index contributed by atoms with van der Waals surface area (Å²) in [6, 6.07) is 1.09. The van der Waals surface area contributed by atoms with Crippen molar-refractivity contribution in [3.8, 4) is 0 Å². The molecule has 5 heteroatoms. The van der Waals surface area contributed by atoms with Gasteiger partial charge in [0.25, 0.3) is 0 Å². The second-order valence-corrected chi connectivity index (χ2v) is 6.46. The van der Waals surface area contributed by atoms with Crippen molar-refractivity contribution in [1.82, 2.24) is 15.1 Å². The Kier molecular flexibility index (Phi) is 4.58. The average Bonchev–Trinajstić information content (AvgIpc) is 3.29. The molecule has 1 saturated carbocycles. The van der Waals surface area contributed by atoms with Crippen LogP contribution in [0.5, 0.6) is 0 Å². The molecule has 0 aromatic rings. The van der Waals surface area contributed by atoms with Crippen LogP contribution in [0.2, 0.25) is 0 Å². The van der Waals surface area contributed by atoms with E-state index >= 15 is 0 Å². The van der Waals surface area contributed by atoms with E-state index < -0.39 is 0 Å². The zero-order chi connectivity index (χ0) is 13.9. The van der Waals surface area contributed by atoms with Gasteiger partial charge in [-0.25, -0.2) is 0 Å². The summed E-state index contributed by atoms with van der Waals surface area (Å²) >= 11 is 0. The molecule has 2 saturated heterocycles. The van der Waals surface area contributed by atoms with Gasteiger partial charge < -0.3 is 10.1 Å². The van der Waals surface area contributed by atoms with Crippen molar-refractivity contribution in [2.75, 3.05) is 39.8 Å². The number of hydrogen-bond donors (Lipinski definition) is 1. The fourth-order valence-corrected chi connectivity index (χ4v) is 3.52. The average molecular weight is 281 g/mol. The number of ether oxygens (including phenoxy) is 1. The molecule has 5 nitrogen and oxygen atoms in total. The number of methoxy groups -OCH3 is 1. The van der Waals surface area contributed by atoms with Gasteiger partial charge in [0, 0.05) is 38.3 Å². The molecule has 1 N–H and O–H groups in total. The van der Waals surface area contributed by atoms with Crippen LogP contribution in [-0.4, -0.2) is 73.7 Å². The number of rotatable bonds is 5. The summed E-state index contributed by atoms with van der Waals surface area (Å²) in [4.78, 5) is 17.0. The Morgan fingerprint density at radius 2 is 2.10 bits per heavy atom. The molecule has 0 bridgehead atoms. The minimum atomic E-state index is -0.150. The van der Waals surface area contributed by atoms with E-state index in [9.17, 15) is 4.79 Å². The van der Waals surface area contributed by atoms with Crippen molar-refractivity contribution in [3.05, 3.63) is 0 Å². The first-order valence-corrected chi connectivity index (χ1v) is 8.06. The molecule has 20 heavy (non-hydrogen) atoms. The Labute approximate surface area is 121 Å². The van der Waals surface area contributed by atoms with Crippen molar-refractivity contribution < 1.29 is 9.53 Å². The zero-order valence-corrected chi connectivity index (χ0v) is 12.5. The molecule has 0 amide bonds. The van der Waals surface area contributed by atoms with E-state index in [1.807, 2.05) is 0 Å². The van der Waals surface area contributed by atoms with Crippen molar-refractivity contribution >= 4 is 5.97 Å². The third-order valence-corrected chi connectivity index (χ3v) is 4.86. The summed E-state index contributed by atoms with van der Waals surface area (Å²) in [5.41, 5.74) is 0. The van der Waals surface area contributed by atoms with Gasteiger partial charge in [-0.3, -0.25) is 14.6 Å². The maximum Gasteiger partial charge on any atom is 0.324 e. The zero-order valence-electron chi connectivity index (χ0n) is 12.5. The van der Waals surface area contributed by atoms with E-state index in [4.69, 9.17) is 4.74 Å². The van der Waals surface area contributed by atoms with Crippen LogP contribution in [0.15, 0.2) is 0 Å². The molecule has 2 heterocycles. The third-order valence-electron chi connectivity index (χ3n) is 4.86. The molecular formula is C15H27N3O2. The number of hydrogen-bond acceptors (Lipinski definition) is 5. The second-order valence-electron chi connectivity index (χ2n) is 6.46. The molecule has 3 aliphatic rings. The monoisotopic (exact) mass is 281 g/mol. The van der Waals surface area contributed by atoms with Gasteiger partial charge in [0.2, 0.25) is 0 Å². The van der Waals surface area contributed by atoms with Gasteiger partial charge in [-0.05, 0) is 32.2 Å². The third kappa shape index (κ3) is 3.51. The molecular weight excluding hydrogens is 254 g/mol. The van der Waals surface area contributed by atoms with E-state index in [0.29, 0.717) is 12.1 Å². The molecule has 2 aliphatic heterocycles. The van der Waals surface area contributed by atoms with E-state index in [-0.39, 0.29) is 12.0 Å². The fraction of sp³-hybridized carbons (Fsp3) is 0.933. The number of fused-ring (bicyclic) bond motifs is 1. The summed E-state index contributed by atoms with van der Waals surface area (Å²) in [6.45, 7) is 5.41. The number of carbonyl (C=O) groups is 1. The molecule has 0 spiro atoms. The molecule has 1 aliphatic carbocycles. The minimum absolute atomic E-state index is 0.108. The summed E-state index contributed by atoms with van der Waals surface area (Å²) in [7, 11) is 1.49. The summed E-state index contributed by atoms with van der Waals surface area (Å²) in [5, 5.41) is 3.43. The van der Waals surface area contributed by atoms with Crippen LogP contribution in [0, 0.1) is 0 Å². The molecule has 2 atom stereocenters. The van der Waals surface area contributed by atoms with Gasteiger partial charge in [-0.15, -0.1) is 0 Å². The van der Waals surface area contributed by atoms with Crippen LogP contribution in [0.25, 0.3) is 0 Å². The predicted octanol–water partition coefficient (Wildman–Crippen LogP) is 0.450. The maximum absolute atomic E-state index is 11.9. The van der Waals surface area contributed by atoms with E-state index in [1.54, 1.807) is 0 Å². The van der Waals surface area contributed by atoms with Crippen molar-refractivity contribution in [3.63, 3.8) is 0 Å². The molecule has 114 valence electrons. The topological polar surface area (TPSA) is 44.8 Å². The first kappa shape index (κ1) is 14.3. The smallest absolute Gasteiger partial charge is 0.324 e. The number of carbonyl (C=O) groups excluding carboxylic acids is 1. The van der Waals surface area contributed by atoms with Gasteiger partial charge in [0.05, 0.1) is 7.11 Å². The van der Waals surface area contributed by atoms with Gasteiger partial charge >= 0.3 is 5.97 Å². The van der Waals surface area contributed by atoms with E-state index in [0.717, 1.165) is 26.2 Å². The SMILES string of the molecule is COC(=O)C(CN1CCN2CCCCC2C1)NC1CC1. The fourth-order valence-electron chi connectivity index (χ4n) is 3.52. The Bertz CT molecular complexity index is 346. The predicted molar refractivity (Wildman–Crippen MR) is 77.6 cm³/mol. The van der Waals surface area contributed by atoms with Crippen molar-refractivity contribution in [1.29, 1.82) is 0 Å². The maximum atomic E-state index is 11.9. The van der Waals surface area contributed by atoms with Gasteiger partial charge in [-0.1, -0.05) is 6.42 Å². The van der Waals surface area contributed by atoms with Crippen LogP contribution < -0.4 is 5.32 Å². The van der Waals surface area contributed by atoms with E-state index in [1.165, 1.54) is 45.8 Å². The van der Waals surface area contributed by atoms with Crippen LogP contribution in [0.1, 0.15) is 32.1 Å². The Morgan fingerprint density at radius 3 is 2.85 bits per heavy atom. The van der Waals surface area contributed by atoms with Crippen LogP contribution in [-0.2, 0) is 9.53 Å². The first-order chi connectivity index (χ1) is 9.76. The normalized spacial score (nSPS) is 29.8. The lowest BCUT2D eigenvalue weighted by Gasteiger charge is -2.44. The lowest BCUT2D eigenvalue weighted by molar-refractivity contribution is -0.144. The Hall–Kier alpha value is -0.650. The molecule has 0 aromatic heterocycles. The quantitative estimate of drug-likeness (QED) is 0.741. The van der Waals surface area contributed by atoms with E-state index in [2.05, 4.69) is 15.1 Å². The standard InChI is InChI=1S/C15H27N3O2/c1-20-15(19)14(16-12-5-6-12)11-17-8-9-18-7-3-2-4-13(18)10-17/h12-14,16H,2-11H2,1H3. The highest BCUT2D eigenvalue weighted by molar-refractivity contribution is 5.76. The highest BCUT2D eigenvalue weighted by Crippen LogP contribution is 2.22. The summed E-state index contributed by atoms with van der Waals surface area (Å²) < 4.78 is 4.95. The number of esters is 1. The summed E-state index contributed by atoms with van der Waals surface area (Å²) in [5.74, 6) is -0.108. The van der Waals surface area contributed by atoms with Crippen LogP contribution in [0.3, 0.4) is 0 Å². The van der Waals surface area contributed by atoms with Crippen LogP contribution >= 0.6 is 0 Å². The molecule has 0 radical (unpaired) electrons. The summed E-state index contributed by atoms with van der Waals surface area (Å²) in [6.07, 6.45) is 6.42. The van der Waals surface area contributed by atoms with Crippen LogP contribution in [0.4, 0.5) is 0 Å². The second kappa shape index (κ2) is 6.41. The van der Waals surface area contributed by atoms with Gasteiger partial charge in [-0.2, -0.15) is 0 Å². The molecule has 3 rings (SSSR count). The minimum Gasteiger partial charge on any atom is -0.468 e. The number of piperazine rings is 1. The lowest BCUT2D eigenvalue weighted by atomic mass is 9.99. The molecule has 0 aromatic carbocycles. The molecule has 2 unspecified atom stereocenters. The number of nitrogens with zero attached hydrogens (tertiary/aromatic N) is 2. The lowest BCUT2D eigenvalue weighted by Crippen LogP contribution is -2.58. The highest BCUT2D eigenvalue weighted by atomic mass is 16.5. The largest absolute Gasteiger partial charge is 0.468 e. The van der Waals surface area contributed by atoms with Crippen molar-refractivity contribution in [2.24, 2.45) is 0 Å². The van der Waals surface area contributed by atoms with Gasteiger partial charge in [0.1, 0.15) is 6.04 Å². The number of piperidine rings is 1. The Morgan fingerprint density at radius 1 is 1.25 bits per heavy atom. The van der Waals surface area contributed by atoms with Gasteiger partial charge in [0.15, 0.2) is 0 Å². The number of nitrogens with one attached hydrogen (secondary N) is 1. The highest BCUT2D eigenvalue weighted by Gasteiger charge is 2.33. The first-order valence-electron chi connectivity index (χ1n) is 8.06. The Balaban J connectivity index is 1.53.